The van der Waals surface area contributed by atoms with Gasteiger partial charge in [0.25, 0.3) is 5.69 Å². The van der Waals surface area contributed by atoms with Gasteiger partial charge in [-0.1, -0.05) is 6.07 Å². The molecule has 1 aliphatic rings. The second-order valence-electron chi connectivity index (χ2n) is 5.86. The minimum atomic E-state index is -0.884. The lowest BCUT2D eigenvalue weighted by Crippen LogP contribution is -2.54. The van der Waals surface area contributed by atoms with Crippen LogP contribution >= 0.6 is 0 Å². The molecule has 0 spiro atoms. The standard InChI is InChI=1S/C15H15N3O4/c1-15(2)10-18(21,14-5-3-4-8-16-14)12-9-11(17(19)20)6-7-13(12)22-15/h3-9H,10H2,1-2H3. The minimum absolute atomic E-state index is 0.0815. The van der Waals surface area contributed by atoms with Gasteiger partial charge in [-0.05, 0) is 26.0 Å². The van der Waals surface area contributed by atoms with Gasteiger partial charge in [0.2, 0.25) is 5.82 Å². The molecule has 0 amide bonds. The molecule has 22 heavy (non-hydrogen) atoms. The van der Waals surface area contributed by atoms with E-state index in [0.29, 0.717) is 5.75 Å². The third kappa shape index (κ3) is 2.30. The minimum Gasteiger partial charge on any atom is -0.620 e. The molecule has 1 aliphatic heterocycles. The number of fused-ring (bicyclic) bond motifs is 1. The lowest BCUT2D eigenvalue weighted by atomic mass is 10.0. The smallest absolute Gasteiger partial charge is 0.275 e. The molecule has 2 heterocycles. The first-order chi connectivity index (χ1) is 10.3. The summed E-state index contributed by atoms with van der Waals surface area (Å²) < 4.78 is 4.92. The summed E-state index contributed by atoms with van der Waals surface area (Å²) in [4.78, 5) is 14.6. The number of nitrogens with zero attached hydrogens (tertiary/aromatic N) is 3. The van der Waals surface area contributed by atoms with Crippen molar-refractivity contribution in [3.8, 4) is 5.75 Å². The zero-order valence-corrected chi connectivity index (χ0v) is 12.2. The molecule has 0 N–H and O–H groups in total. The van der Waals surface area contributed by atoms with E-state index in [4.69, 9.17) is 4.74 Å². The van der Waals surface area contributed by atoms with Gasteiger partial charge >= 0.3 is 0 Å². The number of hydroxylamine groups is 1. The summed E-state index contributed by atoms with van der Waals surface area (Å²) in [5.74, 6) is 0.628. The van der Waals surface area contributed by atoms with Crippen LogP contribution in [0.3, 0.4) is 0 Å². The van der Waals surface area contributed by atoms with Gasteiger partial charge < -0.3 is 9.94 Å². The van der Waals surface area contributed by atoms with Crippen LogP contribution in [0.4, 0.5) is 17.2 Å². The highest BCUT2D eigenvalue weighted by Crippen LogP contribution is 2.47. The molecule has 0 saturated carbocycles. The molecular weight excluding hydrogens is 286 g/mol. The largest absolute Gasteiger partial charge is 0.620 e. The topological polar surface area (TPSA) is 88.3 Å². The van der Waals surface area contributed by atoms with Crippen molar-refractivity contribution < 1.29 is 9.66 Å². The van der Waals surface area contributed by atoms with Gasteiger partial charge in [0.15, 0.2) is 17.0 Å². The zero-order valence-electron chi connectivity index (χ0n) is 12.2. The summed E-state index contributed by atoms with van der Waals surface area (Å²) in [6.07, 6.45) is 1.53. The number of quaternary nitrogens is 1. The first-order valence-corrected chi connectivity index (χ1v) is 6.81. The molecule has 114 valence electrons. The van der Waals surface area contributed by atoms with Crippen LogP contribution in [-0.4, -0.2) is 22.1 Å². The maximum Gasteiger partial charge on any atom is 0.275 e. The second-order valence-corrected chi connectivity index (χ2v) is 5.86. The van der Waals surface area contributed by atoms with Crippen LogP contribution in [-0.2, 0) is 0 Å². The van der Waals surface area contributed by atoms with Gasteiger partial charge in [0, 0.05) is 18.3 Å². The van der Waals surface area contributed by atoms with Crippen LogP contribution in [0.5, 0.6) is 5.75 Å². The maximum atomic E-state index is 13.5. The average Bonchev–Trinajstić information content (AvgIpc) is 2.46. The Hall–Kier alpha value is -2.51. The predicted molar refractivity (Wildman–Crippen MR) is 81.7 cm³/mol. The number of ether oxygens (including phenoxy) is 1. The first kappa shape index (κ1) is 14.4. The third-order valence-electron chi connectivity index (χ3n) is 3.55. The predicted octanol–water partition coefficient (Wildman–Crippen LogP) is 3.30. The normalized spacial score (nSPS) is 22.5. The number of nitro benzene ring substituents is 1. The van der Waals surface area contributed by atoms with Crippen LogP contribution < -0.4 is 9.38 Å². The van der Waals surface area contributed by atoms with E-state index in [1.165, 1.54) is 24.4 Å². The molecule has 0 bridgehead atoms. The van der Waals surface area contributed by atoms with Gasteiger partial charge in [0.1, 0.15) is 6.54 Å². The molecule has 2 aromatic rings. The van der Waals surface area contributed by atoms with Crippen LogP contribution in [0.15, 0.2) is 42.6 Å². The summed E-state index contributed by atoms with van der Waals surface area (Å²) in [5.41, 5.74) is -0.647. The van der Waals surface area contributed by atoms with Crippen LogP contribution in [0.1, 0.15) is 13.8 Å². The van der Waals surface area contributed by atoms with Crippen molar-refractivity contribution in [3.63, 3.8) is 0 Å². The summed E-state index contributed by atoms with van der Waals surface area (Å²) in [6, 6.07) is 9.14. The fourth-order valence-corrected chi connectivity index (χ4v) is 2.71. The van der Waals surface area contributed by atoms with Crippen molar-refractivity contribution in [2.45, 2.75) is 19.4 Å². The van der Waals surface area contributed by atoms with Crippen molar-refractivity contribution in [1.29, 1.82) is 0 Å². The molecule has 1 aromatic heterocycles. The average molecular weight is 301 g/mol. The van der Waals surface area contributed by atoms with E-state index >= 15 is 0 Å². The molecule has 7 nitrogen and oxygen atoms in total. The Balaban J connectivity index is 2.23. The highest BCUT2D eigenvalue weighted by atomic mass is 16.6. The first-order valence-electron chi connectivity index (χ1n) is 6.81. The summed E-state index contributed by atoms with van der Waals surface area (Å²) >= 11 is 0. The van der Waals surface area contributed by atoms with E-state index in [0.717, 1.165) is 0 Å². The summed E-state index contributed by atoms with van der Waals surface area (Å²) in [7, 11) is 0. The Kier molecular flexibility index (Phi) is 3.12. The fraction of sp³-hybridized carbons (Fsp3) is 0.267. The van der Waals surface area contributed by atoms with E-state index in [1.54, 1.807) is 18.2 Å². The van der Waals surface area contributed by atoms with E-state index < -0.39 is 15.2 Å². The van der Waals surface area contributed by atoms with E-state index in [-0.39, 0.29) is 23.7 Å². The van der Waals surface area contributed by atoms with E-state index in [9.17, 15) is 15.3 Å². The highest BCUT2D eigenvalue weighted by molar-refractivity contribution is 5.68. The van der Waals surface area contributed by atoms with Crippen LogP contribution in [0.2, 0.25) is 0 Å². The molecule has 7 heteroatoms. The van der Waals surface area contributed by atoms with Crippen LogP contribution in [0.25, 0.3) is 0 Å². The lowest BCUT2D eigenvalue weighted by Gasteiger charge is -2.48. The number of hydrogen-bond acceptors (Lipinski definition) is 5. The molecule has 1 atom stereocenters. The Morgan fingerprint density at radius 3 is 2.73 bits per heavy atom. The molecule has 3 rings (SSSR count). The number of hydrogen-bond donors (Lipinski definition) is 0. The molecule has 1 unspecified atom stereocenters. The number of aromatic nitrogens is 1. The molecular formula is C15H15N3O4. The molecule has 0 aliphatic carbocycles. The van der Waals surface area contributed by atoms with Gasteiger partial charge in [-0.15, -0.1) is 0 Å². The Morgan fingerprint density at radius 2 is 2.09 bits per heavy atom. The summed E-state index contributed by atoms with van der Waals surface area (Å²) in [5, 5.41) is 24.5. The zero-order chi connectivity index (χ0) is 16.0. The van der Waals surface area contributed by atoms with Gasteiger partial charge in [-0.2, -0.15) is 0 Å². The number of benzene rings is 1. The van der Waals surface area contributed by atoms with Gasteiger partial charge in [0.05, 0.1) is 11.0 Å². The van der Waals surface area contributed by atoms with Gasteiger partial charge in [-0.3, -0.25) is 14.8 Å². The molecule has 0 fully saturated rings. The van der Waals surface area contributed by atoms with E-state index in [2.05, 4.69) is 4.98 Å². The van der Waals surface area contributed by atoms with Crippen molar-refractivity contribution >= 4 is 17.2 Å². The number of pyridine rings is 1. The lowest BCUT2D eigenvalue weighted by molar-refractivity contribution is -0.384. The third-order valence-corrected chi connectivity index (χ3v) is 3.55. The molecule has 1 aromatic carbocycles. The fourth-order valence-electron chi connectivity index (χ4n) is 2.71. The Morgan fingerprint density at radius 1 is 1.32 bits per heavy atom. The van der Waals surface area contributed by atoms with Crippen molar-refractivity contribution in [2.75, 3.05) is 6.54 Å². The quantitative estimate of drug-likeness (QED) is 0.367. The van der Waals surface area contributed by atoms with Crippen molar-refractivity contribution in [1.82, 2.24) is 9.63 Å². The Bertz CT molecular complexity index is 733. The highest BCUT2D eigenvalue weighted by Gasteiger charge is 2.43. The van der Waals surface area contributed by atoms with Gasteiger partial charge in [-0.25, -0.2) is 4.98 Å². The van der Waals surface area contributed by atoms with Crippen molar-refractivity contribution in [3.05, 3.63) is 57.9 Å². The van der Waals surface area contributed by atoms with E-state index in [1.807, 2.05) is 13.8 Å². The van der Waals surface area contributed by atoms with Crippen LogP contribution in [0, 0.1) is 15.3 Å². The Labute approximate surface area is 127 Å². The number of non-ortho nitro benzene ring substituents is 1. The second kappa shape index (κ2) is 4.75. The maximum absolute atomic E-state index is 13.5. The summed E-state index contributed by atoms with van der Waals surface area (Å²) in [6.45, 7) is 3.70. The number of nitro groups is 1. The molecule has 0 saturated heterocycles. The molecule has 0 radical (unpaired) electrons. The van der Waals surface area contributed by atoms with Crippen molar-refractivity contribution in [2.24, 2.45) is 0 Å². The monoisotopic (exact) mass is 301 g/mol. The SMILES string of the molecule is CC1(C)C[N+]([O-])(c2ccccn2)c2cc([N+](=O)[O-])ccc2O1. The number of rotatable bonds is 2.